The van der Waals surface area contributed by atoms with Crippen LogP contribution in [0, 0.1) is 0 Å². The molecule has 1 saturated heterocycles. The van der Waals surface area contributed by atoms with Crippen LogP contribution in [0.2, 0.25) is 0 Å². The molecule has 1 fully saturated rings. The van der Waals surface area contributed by atoms with Crippen molar-refractivity contribution in [1.82, 2.24) is 4.90 Å². The Hall–Kier alpha value is -0.100. The summed E-state index contributed by atoms with van der Waals surface area (Å²) in [6.45, 7) is 1.41. The predicted octanol–water partition coefficient (Wildman–Crippen LogP) is 2.81. The Morgan fingerprint density at radius 3 is 2.65 bits per heavy atom. The molecular weight excluding hydrogens is 371 g/mol. The molecule has 6 heteroatoms. The number of halogens is 3. The van der Waals surface area contributed by atoms with E-state index in [1.807, 2.05) is 18.2 Å². The van der Waals surface area contributed by atoms with Gasteiger partial charge in [-0.15, -0.1) is 12.4 Å². The van der Waals surface area contributed by atoms with Gasteiger partial charge in [0.2, 0.25) is 0 Å². The van der Waals surface area contributed by atoms with Gasteiger partial charge in [0.05, 0.1) is 5.56 Å². The number of likely N-dealkylation sites (tertiary alicyclic amines) is 1. The molecule has 0 unspecified atom stereocenters. The molecule has 1 aromatic rings. The quantitative estimate of drug-likeness (QED) is 0.809. The number of hydrogen-bond donors (Lipinski definition) is 1. The number of carbonyl (C=O) groups is 1. The minimum absolute atomic E-state index is 0. The largest absolute Gasteiger partial charge is 0.337 e. The number of amides is 1. The monoisotopic (exact) mass is 382 g/mol. The average molecular weight is 384 g/mol. The molecular formula is C11H13Br2ClN2O. The molecule has 1 aromatic carbocycles. The molecule has 2 rings (SSSR count). The van der Waals surface area contributed by atoms with Crippen LogP contribution < -0.4 is 5.73 Å². The summed E-state index contributed by atoms with van der Waals surface area (Å²) in [6, 6.07) is 5.69. The second-order valence-electron chi connectivity index (χ2n) is 3.92. The van der Waals surface area contributed by atoms with Crippen LogP contribution in [0.5, 0.6) is 0 Å². The van der Waals surface area contributed by atoms with Crippen molar-refractivity contribution in [3.05, 3.63) is 32.7 Å². The fourth-order valence-electron chi connectivity index (χ4n) is 1.81. The molecule has 17 heavy (non-hydrogen) atoms. The van der Waals surface area contributed by atoms with E-state index in [0.29, 0.717) is 12.1 Å². The van der Waals surface area contributed by atoms with Crippen molar-refractivity contribution in [3.63, 3.8) is 0 Å². The molecule has 0 spiro atoms. The molecule has 1 aliphatic rings. The molecule has 0 bridgehead atoms. The van der Waals surface area contributed by atoms with Crippen LogP contribution in [0.3, 0.4) is 0 Å². The molecule has 0 radical (unpaired) electrons. The minimum Gasteiger partial charge on any atom is -0.337 e. The highest BCUT2D eigenvalue weighted by Crippen LogP contribution is 2.24. The highest BCUT2D eigenvalue weighted by atomic mass is 79.9. The van der Waals surface area contributed by atoms with Crippen LogP contribution in [-0.2, 0) is 0 Å². The average Bonchev–Trinajstić information content (AvgIpc) is 2.64. The molecule has 3 nitrogen and oxygen atoms in total. The summed E-state index contributed by atoms with van der Waals surface area (Å²) in [4.78, 5) is 14.0. The third-order valence-electron chi connectivity index (χ3n) is 2.67. The molecule has 0 aromatic heterocycles. The van der Waals surface area contributed by atoms with Crippen molar-refractivity contribution in [2.45, 2.75) is 12.5 Å². The second-order valence-corrected chi connectivity index (χ2v) is 5.69. The van der Waals surface area contributed by atoms with E-state index in [9.17, 15) is 4.79 Å². The van der Waals surface area contributed by atoms with E-state index in [-0.39, 0.29) is 24.4 Å². The van der Waals surface area contributed by atoms with E-state index in [1.54, 1.807) is 4.90 Å². The van der Waals surface area contributed by atoms with Gasteiger partial charge in [-0.25, -0.2) is 0 Å². The lowest BCUT2D eigenvalue weighted by Gasteiger charge is -2.16. The van der Waals surface area contributed by atoms with Crippen LogP contribution in [0.15, 0.2) is 27.1 Å². The summed E-state index contributed by atoms with van der Waals surface area (Å²) < 4.78 is 1.77. The van der Waals surface area contributed by atoms with Crippen LogP contribution in [0.1, 0.15) is 16.8 Å². The molecule has 1 amide bonds. The number of hydrogen-bond acceptors (Lipinski definition) is 2. The van der Waals surface area contributed by atoms with Crippen LogP contribution in [-0.4, -0.2) is 29.9 Å². The van der Waals surface area contributed by atoms with Crippen LogP contribution in [0.4, 0.5) is 0 Å². The first kappa shape index (κ1) is 15.0. The Labute approximate surface area is 123 Å². The highest BCUT2D eigenvalue weighted by molar-refractivity contribution is 9.11. The fourth-order valence-corrected chi connectivity index (χ4v) is 3.02. The Morgan fingerprint density at radius 2 is 2.12 bits per heavy atom. The number of rotatable bonds is 1. The van der Waals surface area contributed by atoms with E-state index in [0.717, 1.165) is 21.9 Å². The first-order chi connectivity index (χ1) is 7.58. The maximum absolute atomic E-state index is 12.1. The predicted molar refractivity (Wildman–Crippen MR) is 77.6 cm³/mol. The standard InChI is InChI=1S/C11H12Br2N2O.ClH/c12-7-1-2-9(10(13)5-7)11(16)15-4-3-8(14)6-15;/h1-2,5,8H,3-4,6,14H2;1H/t8-;/m0./s1. The lowest BCUT2D eigenvalue weighted by molar-refractivity contribution is 0.0790. The summed E-state index contributed by atoms with van der Waals surface area (Å²) in [5.74, 6) is 0.0484. The maximum Gasteiger partial charge on any atom is 0.255 e. The second kappa shape index (κ2) is 6.18. The molecule has 1 aliphatic heterocycles. The van der Waals surface area contributed by atoms with Crippen LogP contribution in [0.25, 0.3) is 0 Å². The van der Waals surface area contributed by atoms with Crippen molar-refractivity contribution < 1.29 is 4.79 Å². The third-order valence-corrected chi connectivity index (χ3v) is 3.82. The van der Waals surface area contributed by atoms with Gasteiger partial charge in [-0.05, 0) is 40.5 Å². The van der Waals surface area contributed by atoms with Crippen molar-refractivity contribution in [2.75, 3.05) is 13.1 Å². The first-order valence-electron chi connectivity index (χ1n) is 5.08. The van der Waals surface area contributed by atoms with Gasteiger partial charge in [-0.1, -0.05) is 15.9 Å². The van der Waals surface area contributed by atoms with Gasteiger partial charge in [0.25, 0.3) is 5.91 Å². The van der Waals surface area contributed by atoms with Crippen molar-refractivity contribution in [3.8, 4) is 0 Å². The Balaban J connectivity index is 0.00000144. The van der Waals surface area contributed by atoms with E-state index in [4.69, 9.17) is 5.73 Å². The van der Waals surface area contributed by atoms with Gasteiger partial charge in [0.15, 0.2) is 0 Å². The van der Waals surface area contributed by atoms with Crippen molar-refractivity contribution in [2.24, 2.45) is 5.73 Å². The number of carbonyl (C=O) groups excluding carboxylic acids is 1. The van der Waals surface area contributed by atoms with Gasteiger partial charge in [0, 0.05) is 28.1 Å². The molecule has 0 aliphatic carbocycles. The maximum atomic E-state index is 12.1. The molecule has 1 atom stereocenters. The smallest absolute Gasteiger partial charge is 0.255 e. The zero-order valence-electron chi connectivity index (χ0n) is 9.03. The Morgan fingerprint density at radius 1 is 1.41 bits per heavy atom. The number of nitrogens with two attached hydrogens (primary N) is 1. The highest BCUT2D eigenvalue weighted by Gasteiger charge is 2.25. The van der Waals surface area contributed by atoms with E-state index < -0.39 is 0 Å². The summed E-state index contributed by atoms with van der Waals surface area (Å²) in [6.07, 6.45) is 0.889. The lowest BCUT2D eigenvalue weighted by Crippen LogP contribution is -2.32. The third kappa shape index (κ3) is 3.44. The minimum atomic E-state index is 0. The summed E-state index contributed by atoms with van der Waals surface area (Å²) in [5.41, 5.74) is 6.48. The van der Waals surface area contributed by atoms with Crippen molar-refractivity contribution in [1.29, 1.82) is 0 Å². The van der Waals surface area contributed by atoms with Crippen molar-refractivity contribution >= 4 is 50.2 Å². The van der Waals surface area contributed by atoms with Gasteiger partial charge < -0.3 is 10.6 Å². The zero-order chi connectivity index (χ0) is 11.7. The number of benzene rings is 1. The normalized spacial score (nSPS) is 19.0. The van der Waals surface area contributed by atoms with E-state index >= 15 is 0 Å². The Bertz CT molecular complexity index is 428. The molecule has 0 saturated carbocycles. The lowest BCUT2D eigenvalue weighted by atomic mass is 10.2. The topological polar surface area (TPSA) is 46.3 Å². The van der Waals surface area contributed by atoms with Gasteiger partial charge in [0.1, 0.15) is 0 Å². The molecule has 94 valence electrons. The summed E-state index contributed by atoms with van der Waals surface area (Å²) >= 11 is 6.76. The summed E-state index contributed by atoms with van der Waals surface area (Å²) in [5, 5.41) is 0. The Kier molecular flexibility index (Phi) is 5.44. The number of nitrogens with zero attached hydrogens (tertiary/aromatic N) is 1. The SMILES string of the molecule is Cl.N[C@H]1CCN(C(=O)c2ccc(Br)cc2Br)C1. The molecule has 2 N–H and O–H groups in total. The van der Waals surface area contributed by atoms with Gasteiger partial charge in [-0.2, -0.15) is 0 Å². The van der Waals surface area contributed by atoms with E-state index in [2.05, 4.69) is 31.9 Å². The van der Waals surface area contributed by atoms with Crippen LogP contribution >= 0.6 is 44.3 Å². The fraction of sp³-hybridized carbons (Fsp3) is 0.364. The first-order valence-corrected chi connectivity index (χ1v) is 6.66. The molecule has 1 heterocycles. The van der Waals surface area contributed by atoms with Gasteiger partial charge >= 0.3 is 0 Å². The summed E-state index contributed by atoms with van der Waals surface area (Å²) in [7, 11) is 0. The van der Waals surface area contributed by atoms with E-state index in [1.165, 1.54) is 0 Å². The van der Waals surface area contributed by atoms with Gasteiger partial charge in [-0.3, -0.25) is 4.79 Å². The zero-order valence-corrected chi connectivity index (χ0v) is 13.0.